The summed E-state index contributed by atoms with van der Waals surface area (Å²) in [6.45, 7) is -0.915. The van der Waals surface area contributed by atoms with Crippen molar-refractivity contribution in [2.75, 3.05) is 43.2 Å². The van der Waals surface area contributed by atoms with Gasteiger partial charge < -0.3 is 34.9 Å². The van der Waals surface area contributed by atoms with Gasteiger partial charge in [-0.1, -0.05) is 10.3 Å². The van der Waals surface area contributed by atoms with Gasteiger partial charge in [0, 0.05) is 10.8 Å². The molecule has 1 aliphatic rings. The number of amides is 4. The van der Waals surface area contributed by atoms with Gasteiger partial charge in [-0.05, 0) is 0 Å². The molecule has 1 saturated heterocycles. The van der Waals surface area contributed by atoms with Gasteiger partial charge in [-0.25, -0.2) is 27.5 Å². The van der Waals surface area contributed by atoms with E-state index in [1.165, 1.54) is 10.8 Å². The van der Waals surface area contributed by atoms with Gasteiger partial charge in [0.1, 0.15) is 56.1 Å². The predicted octanol–water partition coefficient (Wildman–Crippen LogP) is -3.94. The number of alkyl halides is 2. The van der Waals surface area contributed by atoms with E-state index in [0.717, 1.165) is 36.9 Å². The first-order valence-electron chi connectivity index (χ1n) is 11.5. The van der Waals surface area contributed by atoms with Crippen molar-refractivity contribution in [3.8, 4) is 0 Å². The molecule has 19 nitrogen and oxygen atoms in total. The maximum absolute atomic E-state index is 13.0. The molecule has 2 aromatic rings. The fraction of sp³-hybridized carbons (Fsp3) is 0.350. The van der Waals surface area contributed by atoms with Crippen molar-refractivity contribution in [3.63, 3.8) is 0 Å². The minimum Gasteiger partial charge on any atom is -0.731 e. The molecule has 2 aromatic heterocycles. The van der Waals surface area contributed by atoms with Gasteiger partial charge in [-0.2, -0.15) is 0 Å². The number of halogens is 2. The number of aromatic nitrogens is 2. The molecule has 0 spiro atoms. The maximum atomic E-state index is 13.0. The van der Waals surface area contributed by atoms with E-state index >= 15 is 0 Å². The summed E-state index contributed by atoms with van der Waals surface area (Å²) in [6.07, 6.45) is 0. The van der Waals surface area contributed by atoms with E-state index in [2.05, 4.69) is 45.9 Å². The summed E-state index contributed by atoms with van der Waals surface area (Å²) in [5, 5.41) is 16.8. The number of rotatable bonds is 14. The van der Waals surface area contributed by atoms with Gasteiger partial charge in [0.2, 0.25) is 17.5 Å². The second-order valence-corrected chi connectivity index (χ2v) is 11.4. The van der Waals surface area contributed by atoms with Gasteiger partial charge in [0.15, 0.2) is 26.3 Å². The molecule has 2 atom stereocenters. The quantitative estimate of drug-likeness (QED) is 0.0319. The average Bonchev–Trinajstić information content (AvgIpc) is 3.63. The number of carbonyl (C=O) groups is 5. The number of oxime groups is 2. The smallest absolute Gasteiger partial charge is 0.731 e. The summed E-state index contributed by atoms with van der Waals surface area (Å²) in [7, 11) is -3.20. The predicted molar refractivity (Wildman–Crippen MR) is 153 cm³/mol. The van der Waals surface area contributed by atoms with Crippen molar-refractivity contribution in [3.05, 3.63) is 22.1 Å². The molecule has 45 heavy (non-hydrogen) atoms. The van der Waals surface area contributed by atoms with E-state index in [-0.39, 0.29) is 67.3 Å². The Morgan fingerprint density at radius 2 is 1.47 bits per heavy atom. The Hall–Kier alpha value is -2.96. The van der Waals surface area contributed by atoms with Crippen LogP contribution in [0.5, 0.6) is 0 Å². The standard InChI is InChI=1S/C20H20Cl2N8O11S3.Na/c1-39-28-13(8-6-42-19(23-8)25-11(31)3-21)16(33)27-15-10(30(17(15)34)44(36,37)38)5-41-18(35)14(29-40-2)9-7-43-20(24-9)26-12(32)4-22;/h6-7,10,15H,3-5H2,1-2H3,(H,27,33)(H,23,25,31)(H,24,26,32)(H,36,37,38);/q;+1/p-1/b28-13-,29-14-;/t10-,15+;/m0./s1. The fourth-order valence-electron chi connectivity index (χ4n) is 3.32. The van der Waals surface area contributed by atoms with Crippen LogP contribution in [-0.2, 0) is 48.7 Å². The summed E-state index contributed by atoms with van der Waals surface area (Å²) in [4.78, 5) is 78.8. The van der Waals surface area contributed by atoms with Gasteiger partial charge in [-0.15, -0.1) is 45.9 Å². The van der Waals surface area contributed by atoms with Crippen LogP contribution in [0.3, 0.4) is 0 Å². The van der Waals surface area contributed by atoms with Crippen LogP contribution in [0, 0.1) is 0 Å². The fourth-order valence-corrected chi connectivity index (χ4v) is 5.72. The molecule has 238 valence electrons. The van der Waals surface area contributed by atoms with Crippen LogP contribution in [0.15, 0.2) is 21.1 Å². The number of anilines is 2. The number of nitrogens with zero attached hydrogens (tertiary/aromatic N) is 5. The molecule has 0 aromatic carbocycles. The van der Waals surface area contributed by atoms with Crippen molar-refractivity contribution in [2.45, 2.75) is 12.1 Å². The summed E-state index contributed by atoms with van der Waals surface area (Å²) >= 11 is 12.7. The van der Waals surface area contributed by atoms with Crippen LogP contribution >= 0.6 is 45.9 Å². The van der Waals surface area contributed by atoms with E-state index in [4.69, 9.17) is 27.9 Å². The second-order valence-electron chi connectivity index (χ2n) is 7.89. The molecule has 3 N–H and O–H groups in total. The molecular formula is C20H19Cl2N8NaO11S3. The molecule has 1 aliphatic heterocycles. The van der Waals surface area contributed by atoms with E-state index in [9.17, 15) is 36.9 Å². The van der Waals surface area contributed by atoms with E-state index < -0.39 is 70.0 Å². The second kappa shape index (κ2) is 17.1. The molecular weight excluding hydrogens is 718 g/mol. The first-order valence-corrected chi connectivity index (χ1v) is 15.7. The topological polar surface area (TPSA) is 260 Å². The maximum Gasteiger partial charge on any atom is 1.00 e. The largest absolute Gasteiger partial charge is 1.00 e. The van der Waals surface area contributed by atoms with Crippen molar-refractivity contribution >= 4 is 107 Å². The molecule has 0 saturated carbocycles. The molecule has 0 radical (unpaired) electrons. The summed E-state index contributed by atoms with van der Waals surface area (Å²) in [5.41, 5.74) is -1.22. The Balaban J connectivity index is 0.00000705. The third kappa shape index (κ3) is 9.76. The minimum absolute atomic E-state index is 0. The number of hydrogen-bond acceptors (Lipinski definition) is 17. The normalized spacial score (nSPS) is 16.6. The van der Waals surface area contributed by atoms with Crippen molar-refractivity contribution < 1.29 is 80.9 Å². The molecule has 0 unspecified atom stereocenters. The van der Waals surface area contributed by atoms with Gasteiger partial charge in [0.25, 0.3) is 11.8 Å². The van der Waals surface area contributed by atoms with E-state index in [1.54, 1.807) is 0 Å². The van der Waals surface area contributed by atoms with Gasteiger partial charge >= 0.3 is 35.5 Å². The number of β-lactam (4-membered cyclic amide) rings is 1. The number of hydrogen-bond donors (Lipinski definition) is 3. The van der Waals surface area contributed by atoms with E-state index in [1.807, 2.05) is 0 Å². The number of carbonyl (C=O) groups excluding carboxylic acids is 5. The number of ether oxygens (including phenoxy) is 1. The summed E-state index contributed by atoms with van der Waals surface area (Å²) in [6, 6.07) is -3.37. The molecule has 3 heterocycles. The molecule has 0 aliphatic carbocycles. The number of thiazole rings is 2. The Morgan fingerprint density at radius 1 is 0.978 bits per heavy atom. The Morgan fingerprint density at radius 3 is 1.93 bits per heavy atom. The molecule has 1 fully saturated rings. The molecule has 0 bridgehead atoms. The Labute approximate surface area is 293 Å². The van der Waals surface area contributed by atoms with Gasteiger partial charge in [0.05, 0.1) is 0 Å². The number of nitrogens with one attached hydrogen (secondary N) is 3. The third-order valence-corrected chi connectivity index (χ3v) is 8.02. The van der Waals surface area contributed by atoms with Gasteiger partial charge in [-0.3, -0.25) is 19.2 Å². The zero-order valence-corrected chi connectivity index (χ0v) is 29.1. The Bertz CT molecular complexity index is 1620. The van der Waals surface area contributed by atoms with Crippen molar-refractivity contribution in [1.29, 1.82) is 0 Å². The first-order chi connectivity index (χ1) is 20.8. The number of esters is 1. The summed E-state index contributed by atoms with van der Waals surface area (Å²) in [5.74, 6) is -5.52. The third-order valence-electron chi connectivity index (χ3n) is 5.08. The zero-order chi connectivity index (χ0) is 32.6. The minimum atomic E-state index is -5.41. The van der Waals surface area contributed by atoms with Crippen LogP contribution < -0.4 is 45.5 Å². The summed E-state index contributed by atoms with van der Waals surface area (Å²) < 4.78 is 40.3. The molecule has 3 rings (SSSR count). The van der Waals surface area contributed by atoms with Crippen molar-refractivity contribution in [1.82, 2.24) is 19.6 Å². The average molecular weight is 738 g/mol. The van der Waals surface area contributed by atoms with Crippen molar-refractivity contribution in [2.24, 2.45) is 10.3 Å². The SMILES string of the molecule is CO/N=C(\C(=O)N[C@H]1C(=O)N(S(=O)(=O)[O-])[C@H]1COC(=O)/C(=N\OC)c1csc(NC(=O)CCl)n1)c1csc(NC(=O)CCl)n1.[Na+]. The van der Waals surface area contributed by atoms with Crippen LogP contribution in [0.4, 0.5) is 10.3 Å². The first kappa shape index (κ1) is 38.2. The molecule has 4 amide bonds. The molecule has 25 heteroatoms. The monoisotopic (exact) mass is 736 g/mol. The zero-order valence-electron chi connectivity index (χ0n) is 23.1. The Kier molecular flexibility index (Phi) is 14.5. The van der Waals surface area contributed by atoms with Crippen LogP contribution in [0.25, 0.3) is 0 Å². The van der Waals surface area contributed by atoms with Crippen LogP contribution in [0.2, 0.25) is 0 Å². The van der Waals surface area contributed by atoms with Crippen LogP contribution in [-0.4, -0.2) is 113 Å². The van der Waals surface area contributed by atoms with E-state index in [0.29, 0.717) is 0 Å². The van der Waals surface area contributed by atoms with Crippen LogP contribution in [0.1, 0.15) is 11.4 Å².